The quantitative estimate of drug-likeness (QED) is 0.526. The maximum Gasteiger partial charge on any atom is 0.240 e. The van der Waals surface area contributed by atoms with Crippen LogP contribution in [0.25, 0.3) is 0 Å². The van der Waals surface area contributed by atoms with E-state index in [2.05, 4.69) is 25.4 Å². The van der Waals surface area contributed by atoms with Gasteiger partial charge < -0.3 is 15.0 Å². The second kappa shape index (κ2) is 9.54. The van der Waals surface area contributed by atoms with Crippen LogP contribution in [-0.4, -0.2) is 57.7 Å². The van der Waals surface area contributed by atoms with Crippen LogP contribution < -0.4 is 15.0 Å². The molecule has 3 aromatic rings. The van der Waals surface area contributed by atoms with E-state index in [4.69, 9.17) is 9.72 Å². The molecule has 1 saturated heterocycles. The van der Waals surface area contributed by atoms with E-state index in [9.17, 15) is 4.79 Å². The Kier molecular flexibility index (Phi) is 6.08. The number of likely N-dealkylation sites (tertiary alicyclic amines) is 1. The van der Waals surface area contributed by atoms with E-state index in [0.29, 0.717) is 31.5 Å². The molecule has 1 amide bonds. The van der Waals surface area contributed by atoms with Gasteiger partial charge in [-0.1, -0.05) is 12.8 Å². The lowest BCUT2D eigenvalue weighted by atomic mass is 9.77. The summed E-state index contributed by atoms with van der Waals surface area (Å²) in [5.74, 6) is 2.19. The zero-order valence-electron chi connectivity index (χ0n) is 20.7. The fourth-order valence-electron chi connectivity index (χ4n) is 6.04. The van der Waals surface area contributed by atoms with E-state index < -0.39 is 5.41 Å². The zero-order chi connectivity index (χ0) is 24.5. The Balaban J connectivity index is 1.33. The molecule has 0 radical (unpaired) electrons. The number of nitrogens with one attached hydrogen (secondary N) is 2. The average Bonchev–Trinajstić information content (AvgIpc) is 3.69. The Morgan fingerprint density at radius 1 is 1.19 bits per heavy atom. The first-order valence-corrected chi connectivity index (χ1v) is 12.9. The van der Waals surface area contributed by atoms with Crippen molar-refractivity contribution in [3.63, 3.8) is 0 Å². The average molecular weight is 488 g/mol. The maximum atomic E-state index is 14.3. The molecule has 1 unspecified atom stereocenters. The summed E-state index contributed by atoms with van der Waals surface area (Å²) in [5, 5.41) is 10.7. The molecule has 9 heteroatoms. The van der Waals surface area contributed by atoms with E-state index in [0.717, 1.165) is 47.9 Å². The van der Waals surface area contributed by atoms with Crippen molar-refractivity contribution in [2.24, 2.45) is 5.92 Å². The van der Waals surface area contributed by atoms with Gasteiger partial charge in [0.15, 0.2) is 0 Å². The predicted molar refractivity (Wildman–Crippen MR) is 137 cm³/mol. The normalized spacial score (nSPS) is 22.4. The van der Waals surface area contributed by atoms with Crippen molar-refractivity contribution in [1.29, 1.82) is 0 Å². The lowest BCUT2D eigenvalue weighted by Crippen LogP contribution is -2.53. The summed E-state index contributed by atoms with van der Waals surface area (Å²) in [6.07, 6.45) is 9.61. The number of hydrogen-bond donors (Lipinski definition) is 2. The minimum absolute atomic E-state index is 0.102. The highest BCUT2D eigenvalue weighted by Gasteiger charge is 2.53. The molecular formula is C27H33N7O2. The van der Waals surface area contributed by atoms with Gasteiger partial charge in [0.25, 0.3) is 0 Å². The summed E-state index contributed by atoms with van der Waals surface area (Å²) in [6, 6.07) is 9.68. The number of amides is 1. The number of anilines is 2. The van der Waals surface area contributed by atoms with E-state index in [1.54, 1.807) is 7.11 Å². The molecular weight excluding hydrogens is 454 g/mol. The number of fused-ring (bicyclic) bond motifs is 2. The molecule has 1 aromatic carbocycles. The number of carbonyl (C=O) groups excluding carboxylic acids is 1. The summed E-state index contributed by atoms with van der Waals surface area (Å²) < 4.78 is 5.32. The van der Waals surface area contributed by atoms with Crippen molar-refractivity contribution < 1.29 is 9.53 Å². The molecule has 2 aromatic heterocycles. The Morgan fingerprint density at radius 2 is 2.03 bits per heavy atom. The Bertz CT molecular complexity index is 1210. The third kappa shape index (κ3) is 4.21. The SMILES string of the molecule is COc1ccc(N2Cc3cnc(NCC4CCCC4)nc3C3(CCN(Cc4cc[nH]n4)C3)C2=O)cc1. The van der Waals surface area contributed by atoms with Gasteiger partial charge in [-0.25, -0.2) is 9.97 Å². The highest BCUT2D eigenvalue weighted by molar-refractivity contribution is 6.03. The molecule has 6 rings (SSSR count). The van der Waals surface area contributed by atoms with E-state index in [-0.39, 0.29) is 5.91 Å². The smallest absolute Gasteiger partial charge is 0.240 e. The number of hydrogen-bond acceptors (Lipinski definition) is 7. The van der Waals surface area contributed by atoms with Crippen molar-refractivity contribution in [3.8, 4) is 5.75 Å². The molecule has 4 heterocycles. The first-order valence-electron chi connectivity index (χ1n) is 12.9. The predicted octanol–water partition coefficient (Wildman–Crippen LogP) is 3.50. The Morgan fingerprint density at radius 3 is 2.78 bits per heavy atom. The molecule has 36 heavy (non-hydrogen) atoms. The molecule has 1 atom stereocenters. The van der Waals surface area contributed by atoms with Crippen molar-refractivity contribution in [3.05, 3.63) is 59.7 Å². The third-order valence-corrected chi connectivity index (χ3v) is 8.00. The standard InChI is InChI=1S/C27H33N7O2/c1-36-23-8-6-22(7-9-23)34-16-20-15-29-26(28-14-19-4-2-3-5-19)31-24(20)27(25(34)35)11-13-33(18-27)17-21-10-12-30-32-21/h6-10,12,15,19H,2-5,11,13-14,16-18H2,1H3,(H,30,32)(H,28,29,31). The van der Waals surface area contributed by atoms with Gasteiger partial charge in [-0.15, -0.1) is 0 Å². The Hall–Kier alpha value is -3.46. The monoisotopic (exact) mass is 487 g/mol. The van der Waals surface area contributed by atoms with Crippen LogP contribution in [0.15, 0.2) is 42.7 Å². The molecule has 188 valence electrons. The van der Waals surface area contributed by atoms with Gasteiger partial charge in [0.2, 0.25) is 11.9 Å². The van der Waals surface area contributed by atoms with Crippen LogP contribution in [0, 0.1) is 5.92 Å². The van der Waals surface area contributed by atoms with Gasteiger partial charge in [0, 0.05) is 49.8 Å². The van der Waals surface area contributed by atoms with Crippen molar-refractivity contribution in [2.75, 3.05) is 37.0 Å². The summed E-state index contributed by atoms with van der Waals surface area (Å²) >= 11 is 0. The number of benzene rings is 1. The lowest BCUT2D eigenvalue weighted by molar-refractivity contribution is -0.124. The Labute approximate surface area is 211 Å². The van der Waals surface area contributed by atoms with Gasteiger partial charge in [0.1, 0.15) is 11.2 Å². The van der Waals surface area contributed by atoms with Crippen molar-refractivity contribution in [2.45, 2.75) is 50.6 Å². The van der Waals surface area contributed by atoms with Gasteiger partial charge in [-0.05, 0) is 55.5 Å². The molecule has 2 fully saturated rings. The minimum atomic E-state index is -0.712. The van der Waals surface area contributed by atoms with Gasteiger partial charge in [0.05, 0.1) is 25.0 Å². The number of H-pyrrole nitrogens is 1. The summed E-state index contributed by atoms with van der Waals surface area (Å²) in [7, 11) is 1.65. The number of nitrogens with zero attached hydrogens (tertiary/aromatic N) is 5. The molecule has 1 aliphatic carbocycles. The molecule has 2 N–H and O–H groups in total. The lowest BCUT2D eigenvalue weighted by Gasteiger charge is -2.40. The van der Waals surface area contributed by atoms with Gasteiger partial charge >= 0.3 is 0 Å². The molecule has 0 bridgehead atoms. The van der Waals surface area contributed by atoms with Gasteiger partial charge in [-0.3, -0.25) is 14.8 Å². The number of rotatable bonds is 7. The van der Waals surface area contributed by atoms with Gasteiger partial charge in [-0.2, -0.15) is 5.10 Å². The zero-order valence-corrected chi connectivity index (χ0v) is 20.7. The van der Waals surface area contributed by atoms with E-state index in [1.165, 1.54) is 25.7 Å². The van der Waals surface area contributed by atoms with Crippen molar-refractivity contribution in [1.82, 2.24) is 25.1 Å². The first-order chi connectivity index (χ1) is 17.6. The molecule has 3 aliphatic rings. The number of ether oxygens (including phenoxy) is 1. The third-order valence-electron chi connectivity index (χ3n) is 8.00. The number of carbonyl (C=O) groups is 1. The summed E-state index contributed by atoms with van der Waals surface area (Å²) in [4.78, 5) is 28.1. The van der Waals surface area contributed by atoms with E-state index in [1.807, 2.05) is 47.6 Å². The number of aromatic nitrogens is 4. The second-order valence-corrected chi connectivity index (χ2v) is 10.3. The van der Waals surface area contributed by atoms with Crippen LogP contribution in [0.4, 0.5) is 11.6 Å². The molecule has 1 saturated carbocycles. The van der Waals surface area contributed by atoms with Crippen LogP contribution in [0.1, 0.15) is 49.1 Å². The molecule has 2 aliphatic heterocycles. The molecule has 9 nitrogen and oxygen atoms in total. The number of aromatic amines is 1. The highest BCUT2D eigenvalue weighted by Crippen LogP contribution is 2.43. The van der Waals surface area contributed by atoms with Crippen molar-refractivity contribution >= 4 is 17.5 Å². The number of methoxy groups -OCH3 is 1. The van der Waals surface area contributed by atoms with Crippen LogP contribution in [0.3, 0.4) is 0 Å². The fraction of sp³-hybridized carbons (Fsp3) is 0.481. The van der Waals surface area contributed by atoms with E-state index >= 15 is 0 Å². The topological polar surface area (TPSA) is 99.3 Å². The summed E-state index contributed by atoms with van der Waals surface area (Å²) in [6.45, 7) is 3.47. The van der Waals surface area contributed by atoms with Crippen LogP contribution >= 0.6 is 0 Å². The van der Waals surface area contributed by atoms with Crippen LogP contribution in [-0.2, 0) is 23.3 Å². The largest absolute Gasteiger partial charge is 0.497 e. The van der Waals surface area contributed by atoms with Crippen LogP contribution in [0.2, 0.25) is 0 Å². The summed E-state index contributed by atoms with van der Waals surface area (Å²) in [5.41, 5.74) is 3.02. The minimum Gasteiger partial charge on any atom is -0.497 e. The molecule has 1 spiro atoms. The first kappa shape index (κ1) is 23.0. The maximum absolute atomic E-state index is 14.3. The van der Waals surface area contributed by atoms with Crippen LogP contribution in [0.5, 0.6) is 5.75 Å². The highest BCUT2D eigenvalue weighted by atomic mass is 16.5. The second-order valence-electron chi connectivity index (χ2n) is 10.3. The fourth-order valence-corrected chi connectivity index (χ4v) is 6.04.